The van der Waals surface area contributed by atoms with Crippen molar-refractivity contribution in [3.63, 3.8) is 0 Å². The molecule has 0 bridgehead atoms. The normalized spacial score (nSPS) is 24.1. The van der Waals surface area contributed by atoms with E-state index in [9.17, 15) is 0 Å². The second-order valence-corrected chi connectivity index (χ2v) is 6.74. The zero-order valence-corrected chi connectivity index (χ0v) is 11.0. The van der Waals surface area contributed by atoms with Gasteiger partial charge in [-0.3, -0.25) is 4.99 Å². The third-order valence-electron chi connectivity index (χ3n) is 1.85. The minimum atomic E-state index is 0.564. The molecule has 1 saturated heterocycles. The summed E-state index contributed by atoms with van der Waals surface area (Å²) in [6.07, 6.45) is 0. The summed E-state index contributed by atoms with van der Waals surface area (Å²) in [6, 6.07) is 4.74. The fraction of sp³-hybridized carbons (Fsp3) is 0.444. The lowest BCUT2D eigenvalue weighted by Gasteiger charge is -1.99. The first-order chi connectivity index (χ1) is 6.74. The Kier molecular flexibility index (Phi) is 3.52. The first kappa shape index (κ1) is 10.5. The van der Waals surface area contributed by atoms with Gasteiger partial charge >= 0.3 is 0 Å². The molecule has 1 aliphatic heterocycles. The summed E-state index contributed by atoms with van der Waals surface area (Å²) in [6.45, 7) is 2.97. The van der Waals surface area contributed by atoms with Crippen molar-refractivity contribution in [2.75, 3.05) is 5.75 Å². The molecular weight excluding hydrogens is 280 g/mol. The summed E-state index contributed by atoms with van der Waals surface area (Å²) in [5, 5.41) is 4.42. The highest BCUT2D eigenvalue weighted by molar-refractivity contribution is 9.11. The Morgan fingerprint density at radius 2 is 2.50 bits per heavy atom. The second-order valence-electron chi connectivity index (χ2n) is 3.18. The Balaban J connectivity index is 1.93. The molecular formula is C9H11BrN2S2. The van der Waals surface area contributed by atoms with E-state index in [2.05, 4.69) is 45.3 Å². The molecule has 1 fully saturated rings. The van der Waals surface area contributed by atoms with Crippen LogP contribution in [0.5, 0.6) is 0 Å². The summed E-state index contributed by atoms with van der Waals surface area (Å²) >= 11 is 7.00. The third-order valence-corrected chi connectivity index (χ3v) is 4.64. The maximum absolute atomic E-state index is 4.52. The van der Waals surface area contributed by atoms with Crippen LogP contribution in [0.2, 0.25) is 0 Å². The number of rotatable bonds is 2. The van der Waals surface area contributed by atoms with Gasteiger partial charge in [0.15, 0.2) is 5.17 Å². The number of aliphatic imine (C=N–C) groups is 1. The van der Waals surface area contributed by atoms with Crippen LogP contribution >= 0.6 is 39.0 Å². The van der Waals surface area contributed by atoms with E-state index in [1.807, 2.05) is 11.8 Å². The molecule has 5 heteroatoms. The molecule has 76 valence electrons. The molecule has 1 aliphatic rings. The highest BCUT2D eigenvalue weighted by atomic mass is 79.9. The maximum atomic E-state index is 4.52. The van der Waals surface area contributed by atoms with Gasteiger partial charge in [-0.2, -0.15) is 0 Å². The van der Waals surface area contributed by atoms with Gasteiger partial charge < -0.3 is 5.32 Å². The molecule has 14 heavy (non-hydrogen) atoms. The van der Waals surface area contributed by atoms with E-state index in [4.69, 9.17) is 0 Å². The van der Waals surface area contributed by atoms with Crippen molar-refractivity contribution in [2.45, 2.75) is 19.5 Å². The van der Waals surface area contributed by atoms with Gasteiger partial charge in [0, 0.05) is 16.7 Å². The second kappa shape index (κ2) is 4.68. The van der Waals surface area contributed by atoms with E-state index in [-0.39, 0.29) is 0 Å². The molecule has 0 spiro atoms. The van der Waals surface area contributed by atoms with Gasteiger partial charge in [0.1, 0.15) is 0 Å². The number of amidine groups is 1. The molecule has 2 rings (SSSR count). The fourth-order valence-corrected chi connectivity index (χ4v) is 3.51. The van der Waals surface area contributed by atoms with Crippen LogP contribution in [-0.4, -0.2) is 17.0 Å². The first-order valence-electron chi connectivity index (χ1n) is 4.42. The van der Waals surface area contributed by atoms with Crippen LogP contribution in [0.3, 0.4) is 0 Å². The van der Waals surface area contributed by atoms with Crippen LogP contribution in [0.15, 0.2) is 20.9 Å². The summed E-state index contributed by atoms with van der Waals surface area (Å²) in [5.41, 5.74) is 0. The number of nitrogens with one attached hydrogen (secondary N) is 1. The van der Waals surface area contributed by atoms with Crippen molar-refractivity contribution in [3.05, 3.63) is 20.8 Å². The van der Waals surface area contributed by atoms with Crippen molar-refractivity contribution in [1.29, 1.82) is 0 Å². The van der Waals surface area contributed by atoms with Crippen LogP contribution in [-0.2, 0) is 6.54 Å². The van der Waals surface area contributed by atoms with Crippen LogP contribution in [0, 0.1) is 0 Å². The molecule has 1 aromatic rings. The quantitative estimate of drug-likeness (QED) is 0.905. The number of hydrogen-bond donors (Lipinski definition) is 1. The van der Waals surface area contributed by atoms with Gasteiger partial charge in [0.05, 0.1) is 10.3 Å². The first-order valence-corrected chi connectivity index (χ1v) is 7.01. The lowest BCUT2D eigenvalue weighted by molar-refractivity contribution is 0.764. The Morgan fingerprint density at radius 3 is 3.07 bits per heavy atom. The minimum absolute atomic E-state index is 0.564. The van der Waals surface area contributed by atoms with E-state index in [0.717, 1.165) is 17.5 Å². The zero-order chi connectivity index (χ0) is 9.97. The number of hydrogen-bond acceptors (Lipinski definition) is 3. The van der Waals surface area contributed by atoms with Crippen molar-refractivity contribution in [3.8, 4) is 0 Å². The van der Waals surface area contributed by atoms with Crippen LogP contribution in [0.4, 0.5) is 0 Å². The van der Waals surface area contributed by atoms with Gasteiger partial charge in [-0.05, 0) is 35.0 Å². The van der Waals surface area contributed by atoms with Crippen molar-refractivity contribution in [1.82, 2.24) is 5.32 Å². The molecule has 0 amide bonds. The highest BCUT2D eigenvalue weighted by Gasteiger charge is 2.14. The van der Waals surface area contributed by atoms with E-state index in [1.54, 1.807) is 11.3 Å². The largest absolute Gasteiger partial charge is 0.362 e. The summed E-state index contributed by atoms with van der Waals surface area (Å²) in [4.78, 5) is 5.81. The minimum Gasteiger partial charge on any atom is -0.362 e. The van der Waals surface area contributed by atoms with Crippen LogP contribution in [0.1, 0.15) is 11.8 Å². The predicted octanol–water partition coefficient (Wildman–Crippen LogP) is 3.09. The monoisotopic (exact) mass is 290 g/mol. The Morgan fingerprint density at radius 1 is 1.64 bits per heavy atom. The molecule has 2 heterocycles. The van der Waals surface area contributed by atoms with Gasteiger partial charge in [0.25, 0.3) is 0 Å². The van der Waals surface area contributed by atoms with Crippen LogP contribution in [0.25, 0.3) is 0 Å². The number of thioether (sulfide) groups is 1. The summed E-state index contributed by atoms with van der Waals surface area (Å²) in [7, 11) is 0. The molecule has 0 saturated carbocycles. The average Bonchev–Trinajstić information content (AvgIpc) is 2.72. The summed E-state index contributed by atoms with van der Waals surface area (Å²) in [5.74, 6) is 1.13. The van der Waals surface area contributed by atoms with Crippen LogP contribution < -0.4 is 5.32 Å². The molecule has 2 nitrogen and oxygen atoms in total. The summed E-state index contributed by atoms with van der Waals surface area (Å²) < 4.78 is 1.17. The molecule has 1 atom stereocenters. The smallest absolute Gasteiger partial charge is 0.157 e. The Bertz CT molecular complexity index is 348. The van der Waals surface area contributed by atoms with Crippen molar-refractivity contribution < 1.29 is 0 Å². The van der Waals surface area contributed by atoms with Crippen molar-refractivity contribution >= 4 is 44.2 Å². The maximum Gasteiger partial charge on any atom is 0.157 e. The van der Waals surface area contributed by atoms with Gasteiger partial charge in [-0.15, -0.1) is 11.3 Å². The standard InChI is InChI=1S/C9H11BrN2S2/c1-6-5-13-9(12-6)11-4-7-2-3-8(10)14-7/h2-3,6H,4-5H2,1H3,(H,11,12). The van der Waals surface area contributed by atoms with Crippen molar-refractivity contribution in [2.24, 2.45) is 4.99 Å². The van der Waals surface area contributed by atoms with Gasteiger partial charge in [-0.1, -0.05) is 11.8 Å². The lowest BCUT2D eigenvalue weighted by Crippen LogP contribution is -2.23. The molecule has 1 N–H and O–H groups in total. The third kappa shape index (κ3) is 2.74. The molecule has 0 radical (unpaired) electrons. The number of halogens is 1. The molecule has 1 unspecified atom stereocenters. The fourth-order valence-electron chi connectivity index (χ4n) is 1.18. The highest BCUT2D eigenvalue weighted by Crippen LogP contribution is 2.23. The van der Waals surface area contributed by atoms with Gasteiger partial charge in [-0.25, -0.2) is 0 Å². The lowest BCUT2D eigenvalue weighted by atomic mass is 10.4. The molecule has 0 aliphatic carbocycles. The Labute approximate surface area is 100 Å². The van der Waals surface area contributed by atoms with E-state index in [0.29, 0.717) is 6.04 Å². The van der Waals surface area contributed by atoms with E-state index >= 15 is 0 Å². The SMILES string of the molecule is CC1CSC(=NCc2ccc(Br)s2)N1. The van der Waals surface area contributed by atoms with E-state index < -0.39 is 0 Å². The predicted molar refractivity (Wildman–Crippen MR) is 68.2 cm³/mol. The number of nitrogens with zero attached hydrogens (tertiary/aromatic N) is 1. The topological polar surface area (TPSA) is 24.4 Å². The van der Waals surface area contributed by atoms with E-state index in [1.165, 1.54) is 8.66 Å². The molecule has 0 aromatic carbocycles. The molecule has 1 aromatic heterocycles. The Hall–Kier alpha value is -0.0000000000000000278. The zero-order valence-electron chi connectivity index (χ0n) is 7.79. The van der Waals surface area contributed by atoms with Gasteiger partial charge in [0.2, 0.25) is 0 Å². The number of thiophene rings is 1. The average molecular weight is 291 g/mol.